The molecule has 1 aliphatic rings. The maximum Gasteiger partial charge on any atom is 0.343 e. The van der Waals surface area contributed by atoms with Gasteiger partial charge in [0.15, 0.2) is 0 Å². The van der Waals surface area contributed by atoms with Gasteiger partial charge in [-0.1, -0.05) is 11.6 Å². The minimum absolute atomic E-state index is 0.00287. The Labute approximate surface area is 128 Å². The Morgan fingerprint density at radius 1 is 1.41 bits per heavy atom. The fraction of sp³-hybridized carbons (Fsp3) is 0.286. The lowest BCUT2D eigenvalue weighted by Crippen LogP contribution is -2.39. The summed E-state index contributed by atoms with van der Waals surface area (Å²) >= 11 is 6.08. The molecule has 1 saturated heterocycles. The van der Waals surface area contributed by atoms with Crippen LogP contribution in [0.4, 0.5) is 8.78 Å². The molecule has 0 bridgehead atoms. The predicted octanol–water partition coefficient (Wildman–Crippen LogP) is 2.60. The van der Waals surface area contributed by atoms with Crippen molar-refractivity contribution in [3.63, 3.8) is 0 Å². The highest BCUT2D eigenvalue weighted by Gasteiger charge is 2.47. The van der Waals surface area contributed by atoms with Crippen molar-refractivity contribution in [2.45, 2.75) is 12.1 Å². The third-order valence-corrected chi connectivity index (χ3v) is 4.19. The third kappa shape index (κ3) is 2.21. The number of aromatic nitrogens is 1. The molecule has 2 heterocycles. The minimum Gasteiger partial charge on any atom is -0.479 e. The van der Waals surface area contributed by atoms with Crippen molar-refractivity contribution < 1.29 is 23.5 Å². The number of aromatic amines is 1. The van der Waals surface area contributed by atoms with E-state index in [1.807, 2.05) is 0 Å². The highest BCUT2D eigenvalue weighted by molar-refractivity contribution is 6.38. The second-order valence-electron chi connectivity index (χ2n) is 5.25. The summed E-state index contributed by atoms with van der Waals surface area (Å²) in [7, 11) is 0. The Morgan fingerprint density at radius 2 is 2.14 bits per heavy atom. The molecule has 1 aliphatic heterocycles. The molecule has 0 spiro atoms. The molecule has 2 N–H and O–H groups in total. The van der Waals surface area contributed by atoms with Crippen LogP contribution in [0.25, 0.3) is 10.9 Å². The molecule has 1 aromatic heterocycles. The Morgan fingerprint density at radius 3 is 2.77 bits per heavy atom. The second kappa shape index (κ2) is 4.95. The van der Waals surface area contributed by atoms with Crippen LogP contribution in [0.1, 0.15) is 16.9 Å². The molecule has 0 saturated carbocycles. The summed E-state index contributed by atoms with van der Waals surface area (Å²) in [6.07, 6.45) is -0.277. The zero-order valence-electron chi connectivity index (χ0n) is 11.2. The first-order chi connectivity index (χ1) is 10.3. The molecule has 3 rings (SSSR count). The van der Waals surface area contributed by atoms with Gasteiger partial charge < -0.3 is 15.0 Å². The van der Waals surface area contributed by atoms with Gasteiger partial charge in [-0.25, -0.2) is 13.6 Å². The first-order valence-corrected chi connectivity index (χ1v) is 6.88. The lowest BCUT2D eigenvalue weighted by atomic mass is 10.1. The maximum absolute atomic E-state index is 14.0. The van der Waals surface area contributed by atoms with E-state index in [-0.39, 0.29) is 23.7 Å². The number of rotatable bonds is 2. The van der Waals surface area contributed by atoms with Crippen LogP contribution in [-0.4, -0.2) is 45.6 Å². The number of amides is 1. The lowest BCUT2D eigenvalue weighted by molar-refractivity contribution is -0.149. The number of H-pyrrole nitrogens is 1. The Kier molecular flexibility index (Phi) is 3.32. The van der Waals surface area contributed by atoms with E-state index in [9.17, 15) is 18.4 Å². The number of benzene rings is 1. The van der Waals surface area contributed by atoms with Crippen molar-refractivity contribution in [3.8, 4) is 0 Å². The standard InChI is InChI=1S/C14H11ClF2N2O3/c15-10-8-5-7(16)1-2-9(8)18-11(10)12(20)19-4-3-14(17,6-19)13(21)22/h1-2,5,18H,3-4,6H2,(H,21,22). The van der Waals surface area contributed by atoms with Gasteiger partial charge in [-0.15, -0.1) is 0 Å². The monoisotopic (exact) mass is 328 g/mol. The van der Waals surface area contributed by atoms with Gasteiger partial charge >= 0.3 is 5.97 Å². The summed E-state index contributed by atoms with van der Waals surface area (Å²) in [5, 5.41) is 9.23. The van der Waals surface area contributed by atoms with Crippen molar-refractivity contribution in [1.29, 1.82) is 0 Å². The van der Waals surface area contributed by atoms with E-state index in [0.717, 1.165) is 4.90 Å². The van der Waals surface area contributed by atoms with Crippen LogP contribution < -0.4 is 0 Å². The molecule has 1 aromatic carbocycles. The normalized spacial score (nSPS) is 21.5. The van der Waals surface area contributed by atoms with Crippen LogP contribution in [-0.2, 0) is 4.79 Å². The van der Waals surface area contributed by atoms with Crippen LogP contribution in [0.2, 0.25) is 5.02 Å². The number of hydrogen-bond acceptors (Lipinski definition) is 2. The second-order valence-corrected chi connectivity index (χ2v) is 5.63. The van der Waals surface area contributed by atoms with Gasteiger partial charge in [0.05, 0.1) is 11.6 Å². The molecule has 5 nitrogen and oxygen atoms in total. The van der Waals surface area contributed by atoms with Crippen LogP contribution in [0.5, 0.6) is 0 Å². The summed E-state index contributed by atoms with van der Waals surface area (Å²) in [6, 6.07) is 3.84. The van der Waals surface area contributed by atoms with E-state index in [0.29, 0.717) is 10.9 Å². The molecule has 116 valence electrons. The molecule has 8 heteroatoms. The smallest absolute Gasteiger partial charge is 0.343 e. The summed E-state index contributed by atoms with van der Waals surface area (Å²) in [5.74, 6) is -2.70. The van der Waals surface area contributed by atoms with Crippen molar-refractivity contribution in [2.24, 2.45) is 0 Å². The van der Waals surface area contributed by atoms with Gasteiger partial charge in [-0.3, -0.25) is 4.79 Å². The number of aliphatic carboxylic acids is 1. The zero-order chi connectivity index (χ0) is 16.1. The molecule has 0 radical (unpaired) electrons. The van der Waals surface area contributed by atoms with E-state index in [1.165, 1.54) is 18.2 Å². The fourth-order valence-corrected chi connectivity index (χ4v) is 2.84. The molecule has 1 unspecified atom stereocenters. The van der Waals surface area contributed by atoms with Crippen molar-refractivity contribution >= 4 is 34.4 Å². The van der Waals surface area contributed by atoms with Crippen LogP contribution in [0.15, 0.2) is 18.2 Å². The average Bonchev–Trinajstić information content (AvgIpc) is 3.01. The summed E-state index contributed by atoms with van der Waals surface area (Å²) in [5.41, 5.74) is -1.98. The summed E-state index contributed by atoms with van der Waals surface area (Å²) < 4.78 is 27.3. The molecule has 1 atom stereocenters. The number of carboxylic acid groups (broad SMARTS) is 1. The highest BCUT2D eigenvalue weighted by Crippen LogP contribution is 2.32. The van der Waals surface area contributed by atoms with E-state index in [2.05, 4.69) is 4.98 Å². The first kappa shape index (κ1) is 14.8. The topological polar surface area (TPSA) is 73.4 Å². The molecule has 1 amide bonds. The summed E-state index contributed by atoms with van der Waals surface area (Å²) in [4.78, 5) is 27.1. The number of carbonyl (C=O) groups excluding carboxylic acids is 1. The Bertz CT molecular complexity index is 792. The number of hydrogen-bond donors (Lipinski definition) is 2. The molecule has 2 aromatic rings. The number of likely N-dealkylation sites (tertiary alicyclic amines) is 1. The molecular weight excluding hydrogens is 318 g/mol. The summed E-state index contributed by atoms with van der Waals surface area (Å²) in [6.45, 7) is -0.567. The largest absolute Gasteiger partial charge is 0.479 e. The minimum atomic E-state index is -2.44. The third-order valence-electron chi connectivity index (χ3n) is 3.80. The van der Waals surface area contributed by atoms with Crippen molar-refractivity contribution in [1.82, 2.24) is 9.88 Å². The van der Waals surface area contributed by atoms with E-state index in [4.69, 9.17) is 16.7 Å². The van der Waals surface area contributed by atoms with E-state index >= 15 is 0 Å². The average molecular weight is 329 g/mol. The number of nitrogens with one attached hydrogen (secondary N) is 1. The quantitative estimate of drug-likeness (QED) is 0.890. The van der Waals surface area contributed by atoms with Gasteiger partial charge in [0.25, 0.3) is 5.91 Å². The number of halogens is 3. The molecular formula is C14H11ClF2N2O3. The number of fused-ring (bicyclic) bond motifs is 1. The number of carboxylic acids is 1. The molecule has 0 aliphatic carbocycles. The Balaban J connectivity index is 1.94. The number of alkyl halides is 1. The van der Waals surface area contributed by atoms with Crippen LogP contribution in [0.3, 0.4) is 0 Å². The maximum atomic E-state index is 14.0. The van der Waals surface area contributed by atoms with E-state index < -0.39 is 29.9 Å². The Hall–Kier alpha value is -2.15. The van der Waals surface area contributed by atoms with Gasteiger partial charge in [0.2, 0.25) is 5.67 Å². The fourth-order valence-electron chi connectivity index (χ4n) is 2.56. The van der Waals surface area contributed by atoms with Crippen molar-refractivity contribution in [2.75, 3.05) is 13.1 Å². The van der Waals surface area contributed by atoms with Crippen LogP contribution in [0, 0.1) is 5.82 Å². The number of nitrogens with zero attached hydrogens (tertiary/aromatic N) is 1. The van der Waals surface area contributed by atoms with E-state index in [1.54, 1.807) is 0 Å². The SMILES string of the molecule is O=C(c1[nH]c2ccc(F)cc2c1Cl)N1CCC(F)(C(=O)O)C1. The van der Waals surface area contributed by atoms with Gasteiger partial charge in [0, 0.05) is 23.9 Å². The van der Waals surface area contributed by atoms with Crippen LogP contribution >= 0.6 is 11.6 Å². The highest BCUT2D eigenvalue weighted by atomic mass is 35.5. The van der Waals surface area contributed by atoms with Gasteiger partial charge in [-0.05, 0) is 18.2 Å². The van der Waals surface area contributed by atoms with Gasteiger partial charge in [0.1, 0.15) is 11.5 Å². The predicted molar refractivity (Wildman–Crippen MR) is 75.3 cm³/mol. The van der Waals surface area contributed by atoms with Crippen molar-refractivity contribution in [3.05, 3.63) is 34.7 Å². The first-order valence-electron chi connectivity index (χ1n) is 6.50. The number of carbonyl (C=O) groups is 2. The zero-order valence-corrected chi connectivity index (χ0v) is 12.0. The lowest BCUT2D eigenvalue weighted by Gasteiger charge is -2.17. The molecule has 1 fully saturated rings. The molecule has 22 heavy (non-hydrogen) atoms. The van der Waals surface area contributed by atoms with Gasteiger partial charge in [-0.2, -0.15) is 0 Å².